The third kappa shape index (κ3) is 9.18. The largest absolute Gasteiger partial charge is 0.494 e. The summed E-state index contributed by atoms with van der Waals surface area (Å²) in [6, 6.07) is 23.5. The number of rotatable bonds is 14. The van der Waals surface area contributed by atoms with Crippen LogP contribution >= 0.6 is 0 Å². The molecule has 0 aliphatic carbocycles. The molecule has 5 nitrogen and oxygen atoms in total. The fourth-order valence-electron chi connectivity index (χ4n) is 3.47. The average Bonchev–Trinajstić information content (AvgIpc) is 2.88. The van der Waals surface area contributed by atoms with E-state index in [0.717, 1.165) is 17.9 Å². The summed E-state index contributed by atoms with van der Waals surface area (Å²) in [4.78, 5) is 12.4. The molecular weight excluding hydrogens is 424 g/mol. The number of hydrogen-bond acceptors (Lipinski definition) is 5. The summed E-state index contributed by atoms with van der Waals surface area (Å²) in [5, 5.41) is 8.37. The lowest BCUT2D eigenvalue weighted by Gasteiger charge is -2.08. The first-order valence-electron chi connectivity index (χ1n) is 12.3. The Bertz CT molecular complexity index is 1000. The Labute approximate surface area is 202 Å². The van der Waals surface area contributed by atoms with E-state index in [2.05, 4.69) is 17.2 Å². The van der Waals surface area contributed by atoms with Gasteiger partial charge >= 0.3 is 5.97 Å². The van der Waals surface area contributed by atoms with Crippen molar-refractivity contribution in [2.75, 3.05) is 6.61 Å². The Morgan fingerprint density at radius 2 is 1.21 bits per heavy atom. The van der Waals surface area contributed by atoms with E-state index in [1.807, 2.05) is 42.5 Å². The number of benzene rings is 3. The van der Waals surface area contributed by atoms with Crippen LogP contribution in [0.15, 0.2) is 89.1 Å². The van der Waals surface area contributed by atoms with E-state index in [0.29, 0.717) is 23.6 Å². The molecule has 34 heavy (non-hydrogen) atoms. The molecular formula is C29H34N2O3. The molecule has 0 aliphatic rings. The molecule has 3 rings (SSSR count). The van der Waals surface area contributed by atoms with Crippen molar-refractivity contribution in [3.05, 3.63) is 84.4 Å². The minimum atomic E-state index is -0.409. The molecule has 3 aromatic rings. The minimum absolute atomic E-state index is 0.409. The van der Waals surface area contributed by atoms with Gasteiger partial charge in [-0.25, -0.2) is 4.79 Å². The lowest BCUT2D eigenvalue weighted by Crippen LogP contribution is -2.08. The molecule has 0 aromatic heterocycles. The summed E-state index contributed by atoms with van der Waals surface area (Å²) in [7, 11) is 0. The second kappa shape index (κ2) is 14.6. The number of unbranched alkanes of at least 4 members (excludes halogenated alkanes) is 7. The lowest BCUT2D eigenvalue weighted by molar-refractivity contribution is 0.0734. The number of carbonyl (C=O) groups excluding carboxylic acids is 1. The molecule has 0 unspecified atom stereocenters. The minimum Gasteiger partial charge on any atom is -0.494 e. The van der Waals surface area contributed by atoms with Crippen LogP contribution in [-0.2, 0) is 0 Å². The van der Waals surface area contributed by atoms with Crippen LogP contribution in [0.4, 0.5) is 11.4 Å². The quantitative estimate of drug-likeness (QED) is 0.105. The van der Waals surface area contributed by atoms with Gasteiger partial charge in [0.1, 0.15) is 11.5 Å². The smallest absolute Gasteiger partial charge is 0.343 e. The van der Waals surface area contributed by atoms with E-state index in [1.165, 1.54) is 44.9 Å². The topological polar surface area (TPSA) is 60.2 Å². The van der Waals surface area contributed by atoms with Crippen molar-refractivity contribution < 1.29 is 14.3 Å². The first kappa shape index (κ1) is 25.2. The van der Waals surface area contributed by atoms with E-state index < -0.39 is 5.97 Å². The summed E-state index contributed by atoms with van der Waals surface area (Å²) in [5.41, 5.74) is 1.94. The number of carbonyl (C=O) groups is 1. The van der Waals surface area contributed by atoms with Crippen molar-refractivity contribution in [3.8, 4) is 11.5 Å². The molecule has 0 bridgehead atoms. The van der Waals surface area contributed by atoms with E-state index in [1.54, 1.807) is 36.4 Å². The Hall–Kier alpha value is -3.47. The number of esters is 1. The normalized spacial score (nSPS) is 11.0. The van der Waals surface area contributed by atoms with Crippen LogP contribution in [0.1, 0.15) is 68.6 Å². The van der Waals surface area contributed by atoms with Gasteiger partial charge in [-0.05, 0) is 67.1 Å². The van der Waals surface area contributed by atoms with Gasteiger partial charge in [-0.2, -0.15) is 10.2 Å². The maximum absolute atomic E-state index is 12.4. The van der Waals surface area contributed by atoms with Crippen LogP contribution in [-0.4, -0.2) is 12.6 Å². The zero-order chi connectivity index (χ0) is 23.8. The van der Waals surface area contributed by atoms with E-state index in [4.69, 9.17) is 9.47 Å². The van der Waals surface area contributed by atoms with Gasteiger partial charge in [0.15, 0.2) is 0 Å². The van der Waals surface area contributed by atoms with Gasteiger partial charge in [-0.1, -0.05) is 70.1 Å². The summed E-state index contributed by atoms with van der Waals surface area (Å²) in [6.45, 7) is 2.94. The molecule has 0 N–H and O–H groups in total. The molecule has 178 valence electrons. The number of ether oxygens (including phenoxy) is 2. The van der Waals surface area contributed by atoms with Gasteiger partial charge in [0.05, 0.1) is 23.5 Å². The molecule has 5 heteroatoms. The van der Waals surface area contributed by atoms with Crippen LogP contribution in [0, 0.1) is 0 Å². The molecule has 0 atom stereocenters. The van der Waals surface area contributed by atoms with Crippen LogP contribution < -0.4 is 9.47 Å². The molecule has 0 amide bonds. The molecule has 0 fully saturated rings. The van der Waals surface area contributed by atoms with Crippen molar-refractivity contribution in [1.29, 1.82) is 0 Å². The van der Waals surface area contributed by atoms with Gasteiger partial charge < -0.3 is 9.47 Å². The van der Waals surface area contributed by atoms with Crippen molar-refractivity contribution >= 4 is 17.3 Å². The fraction of sp³-hybridized carbons (Fsp3) is 0.345. The molecule has 0 saturated heterocycles. The lowest BCUT2D eigenvalue weighted by atomic mass is 10.1. The van der Waals surface area contributed by atoms with Crippen molar-refractivity contribution in [2.24, 2.45) is 10.2 Å². The summed E-state index contributed by atoms with van der Waals surface area (Å²) < 4.78 is 11.3. The highest BCUT2D eigenvalue weighted by molar-refractivity contribution is 5.91. The Balaban J connectivity index is 1.37. The Morgan fingerprint density at radius 3 is 1.85 bits per heavy atom. The van der Waals surface area contributed by atoms with Gasteiger partial charge in [-0.3, -0.25) is 0 Å². The monoisotopic (exact) mass is 458 g/mol. The number of nitrogens with zero attached hydrogens (tertiary/aromatic N) is 2. The first-order valence-corrected chi connectivity index (χ1v) is 12.3. The van der Waals surface area contributed by atoms with E-state index in [9.17, 15) is 4.79 Å². The molecule has 3 aromatic carbocycles. The SMILES string of the molecule is CCCCCCCCCCOc1ccc(C(=O)Oc2ccc(N=Nc3ccccc3)cc2)cc1. The van der Waals surface area contributed by atoms with E-state index >= 15 is 0 Å². The first-order chi connectivity index (χ1) is 16.7. The highest BCUT2D eigenvalue weighted by atomic mass is 16.5. The standard InChI is InChI=1S/C29H34N2O3/c1-2-3-4-5-6-7-8-12-23-33-27-19-15-24(16-20-27)29(32)34-28-21-17-26(18-22-28)31-30-25-13-10-9-11-14-25/h9-11,13-22H,2-8,12,23H2,1H3. The predicted octanol–water partition coefficient (Wildman–Crippen LogP) is 8.84. The van der Waals surface area contributed by atoms with E-state index in [-0.39, 0.29) is 0 Å². The van der Waals surface area contributed by atoms with Crippen molar-refractivity contribution in [1.82, 2.24) is 0 Å². The second-order valence-corrected chi connectivity index (χ2v) is 8.27. The summed E-state index contributed by atoms with van der Waals surface area (Å²) in [6.07, 6.45) is 10.2. The van der Waals surface area contributed by atoms with Crippen LogP contribution in [0.25, 0.3) is 0 Å². The van der Waals surface area contributed by atoms with Gasteiger partial charge in [-0.15, -0.1) is 0 Å². The van der Waals surface area contributed by atoms with Crippen LogP contribution in [0.2, 0.25) is 0 Å². The van der Waals surface area contributed by atoms with Crippen LogP contribution in [0.3, 0.4) is 0 Å². The predicted molar refractivity (Wildman–Crippen MR) is 137 cm³/mol. The Kier molecular flexibility index (Phi) is 10.8. The van der Waals surface area contributed by atoms with Gasteiger partial charge in [0, 0.05) is 0 Å². The van der Waals surface area contributed by atoms with Gasteiger partial charge in [0.2, 0.25) is 0 Å². The molecule has 0 aliphatic heterocycles. The zero-order valence-corrected chi connectivity index (χ0v) is 20.0. The zero-order valence-electron chi connectivity index (χ0n) is 20.0. The molecule has 0 saturated carbocycles. The molecule has 0 radical (unpaired) electrons. The third-order valence-electron chi connectivity index (χ3n) is 5.44. The summed E-state index contributed by atoms with van der Waals surface area (Å²) >= 11 is 0. The number of azo groups is 1. The second-order valence-electron chi connectivity index (χ2n) is 8.27. The van der Waals surface area contributed by atoms with Crippen molar-refractivity contribution in [3.63, 3.8) is 0 Å². The average molecular weight is 459 g/mol. The maximum Gasteiger partial charge on any atom is 0.343 e. The molecule has 0 spiro atoms. The van der Waals surface area contributed by atoms with Crippen LogP contribution in [0.5, 0.6) is 11.5 Å². The number of hydrogen-bond donors (Lipinski definition) is 0. The third-order valence-corrected chi connectivity index (χ3v) is 5.44. The Morgan fingerprint density at radius 1 is 0.647 bits per heavy atom. The van der Waals surface area contributed by atoms with Gasteiger partial charge in [0.25, 0.3) is 0 Å². The maximum atomic E-state index is 12.4. The van der Waals surface area contributed by atoms with Crippen molar-refractivity contribution in [2.45, 2.75) is 58.3 Å². The fourth-order valence-corrected chi connectivity index (χ4v) is 3.47. The highest BCUT2D eigenvalue weighted by Crippen LogP contribution is 2.22. The molecule has 0 heterocycles. The summed E-state index contributed by atoms with van der Waals surface area (Å²) in [5.74, 6) is 0.819. The highest BCUT2D eigenvalue weighted by Gasteiger charge is 2.09.